The average molecular weight is 311 g/mol. The van der Waals surface area contributed by atoms with Crippen LogP contribution < -0.4 is 4.31 Å². The molecule has 1 heterocycles. The van der Waals surface area contributed by atoms with Gasteiger partial charge in [0.1, 0.15) is 0 Å². The molecule has 0 N–H and O–H groups in total. The van der Waals surface area contributed by atoms with Crippen LogP contribution in [-0.4, -0.2) is 33.4 Å². The lowest BCUT2D eigenvalue weighted by atomic mass is 10.1. The Morgan fingerprint density at radius 2 is 1.86 bits per heavy atom. The van der Waals surface area contributed by atoms with E-state index in [4.69, 9.17) is 4.74 Å². The second kappa shape index (κ2) is 6.79. The van der Waals surface area contributed by atoms with Crippen LogP contribution in [0, 0.1) is 13.8 Å². The number of hydrogen-bond donors (Lipinski definition) is 0. The highest BCUT2D eigenvalue weighted by Gasteiger charge is 2.27. The van der Waals surface area contributed by atoms with Crippen molar-refractivity contribution in [3.8, 4) is 0 Å². The van der Waals surface area contributed by atoms with E-state index in [1.165, 1.54) is 4.31 Å². The first-order valence-electron chi connectivity index (χ1n) is 7.62. The van der Waals surface area contributed by atoms with Crippen LogP contribution in [0.5, 0.6) is 0 Å². The van der Waals surface area contributed by atoms with E-state index < -0.39 is 10.0 Å². The Kier molecular flexibility index (Phi) is 5.27. The summed E-state index contributed by atoms with van der Waals surface area (Å²) in [6.07, 6.45) is 2.76. The summed E-state index contributed by atoms with van der Waals surface area (Å²) in [7, 11) is -3.35. The van der Waals surface area contributed by atoms with Crippen molar-refractivity contribution in [2.75, 3.05) is 23.2 Å². The topological polar surface area (TPSA) is 46.6 Å². The summed E-state index contributed by atoms with van der Waals surface area (Å²) in [5.41, 5.74) is 2.91. The minimum absolute atomic E-state index is 0.0772. The van der Waals surface area contributed by atoms with Gasteiger partial charge in [-0.25, -0.2) is 8.42 Å². The number of rotatable bonds is 5. The molecular formula is C16H25NO3S. The molecule has 0 saturated carbocycles. The van der Waals surface area contributed by atoms with Crippen molar-refractivity contribution in [1.29, 1.82) is 0 Å². The molecule has 0 aromatic heterocycles. The van der Waals surface area contributed by atoms with E-state index in [0.717, 1.165) is 36.1 Å². The van der Waals surface area contributed by atoms with Gasteiger partial charge < -0.3 is 4.74 Å². The van der Waals surface area contributed by atoms with Crippen LogP contribution in [0.15, 0.2) is 18.2 Å². The molecule has 5 heteroatoms. The zero-order chi connectivity index (χ0) is 15.5. The fourth-order valence-corrected chi connectivity index (χ4v) is 4.63. The van der Waals surface area contributed by atoms with Crippen molar-refractivity contribution in [3.63, 3.8) is 0 Å². The third-order valence-electron chi connectivity index (χ3n) is 3.79. The Hall–Kier alpha value is -1.07. The third kappa shape index (κ3) is 4.20. The standard InChI is InChI=1S/C16H25NO3S/c1-4-17(15-10-13(2)9-14(3)11-15)21(18,19)12-16-7-5-6-8-20-16/h9-11,16H,4-8,12H2,1-3H3. The number of sulfonamides is 1. The predicted molar refractivity (Wildman–Crippen MR) is 86.3 cm³/mol. The second-order valence-corrected chi connectivity index (χ2v) is 7.72. The number of aryl methyl sites for hydroxylation is 2. The molecule has 1 unspecified atom stereocenters. The van der Waals surface area contributed by atoms with Gasteiger partial charge in [0.2, 0.25) is 10.0 Å². The van der Waals surface area contributed by atoms with Crippen molar-refractivity contribution < 1.29 is 13.2 Å². The van der Waals surface area contributed by atoms with Crippen molar-refractivity contribution in [1.82, 2.24) is 0 Å². The number of hydrogen-bond acceptors (Lipinski definition) is 3. The lowest BCUT2D eigenvalue weighted by Gasteiger charge is -2.28. The van der Waals surface area contributed by atoms with Crippen LogP contribution in [-0.2, 0) is 14.8 Å². The van der Waals surface area contributed by atoms with Crippen molar-refractivity contribution >= 4 is 15.7 Å². The molecule has 1 saturated heterocycles. The SMILES string of the molecule is CCN(c1cc(C)cc(C)c1)S(=O)(=O)CC1CCCCO1. The number of ether oxygens (including phenoxy) is 1. The number of benzene rings is 1. The number of nitrogens with zero attached hydrogens (tertiary/aromatic N) is 1. The van der Waals surface area contributed by atoms with Crippen LogP contribution >= 0.6 is 0 Å². The lowest BCUT2D eigenvalue weighted by molar-refractivity contribution is 0.0305. The van der Waals surface area contributed by atoms with E-state index in [1.54, 1.807) is 0 Å². The molecule has 0 spiro atoms. The maximum Gasteiger partial charge on any atom is 0.237 e. The van der Waals surface area contributed by atoms with Crippen molar-refractivity contribution in [2.24, 2.45) is 0 Å². The Bertz CT molecular complexity index is 557. The molecular weight excluding hydrogens is 286 g/mol. The Balaban J connectivity index is 2.21. The normalized spacial score (nSPS) is 19.5. The van der Waals surface area contributed by atoms with Gasteiger partial charge in [0.25, 0.3) is 0 Å². The molecule has 4 nitrogen and oxygen atoms in total. The molecule has 1 atom stereocenters. The van der Waals surface area contributed by atoms with Gasteiger partial charge in [-0.1, -0.05) is 6.07 Å². The predicted octanol–water partition coefficient (Wildman–Crippen LogP) is 3.03. The van der Waals surface area contributed by atoms with Crippen LogP contribution in [0.1, 0.15) is 37.3 Å². The summed E-state index contributed by atoms with van der Waals surface area (Å²) in [6.45, 7) is 6.97. The summed E-state index contributed by atoms with van der Waals surface area (Å²) in [4.78, 5) is 0. The molecule has 0 radical (unpaired) electrons. The van der Waals surface area contributed by atoms with Gasteiger partial charge in [0, 0.05) is 13.2 Å². The quantitative estimate of drug-likeness (QED) is 0.839. The molecule has 118 valence electrons. The fourth-order valence-electron chi connectivity index (χ4n) is 2.90. The van der Waals surface area contributed by atoms with Gasteiger partial charge in [0.05, 0.1) is 17.5 Å². The van der Waals surface area contributed by atoms with Crippen LogP contribution in [0.3, 0.4) is 0 Å². The lowest BCUT2D eigenvalue weighted by Crippen LogP contribution is -2.38. The molecule has 1 aliphatic rings. The largest absolute Gasteiger partial charge is 0.377 e. The molecule has 21 heavy (non-hydrogen) atoms. The zero-order valence-electron chi connectivity index (χ0n) is 13.1. The highest BCUT2D eigenvalue weighted by molar-refractivity contribution is 7.92. The van der Waals surface area contributed by atoms with Crippen molar-refractivity contribution in [2.45, 2.75) is 46.1 Å². The molecule has 0 bridgehead atoms. The Morgan fingerprint density at radius 3 is 2.38 bits per heavy atom. The van der Waals surface area contributed by atoms with Gasteiger partial charge in [-0.2, -0.15) is 0 Å². The average Bonchev–Trinajstić information content (AvgIpc) is 2.38. The van der Waals surface area contributed by atoms with Gasteiger partial charge in [0.15, 0.2) is 0 Å². The van der Waals surface area contributed by atoms with E-state index in [0.29, 0.717) is 13.2 Å². The summed E-state index contributed by atoms with van der Waals surface area (Å²) < 4.78 is 32.5. The number of anilines is 1. The third-order valence-corrected chi connectivity index (χ3v) is 5.72. The monoisotopic (exact) mass is 311 g/mol. The van der Waals surface area contributed by atoms with Crippen LogP contribution in [0.4, 0.5) is 5.69 Å². The smallest absolute Gasteiger partial charge is 0.237 e. The van der Waals surface area contributed by atoms with Crippen LogP contribution in [0.2, 0.25) is 0 Å². The van der Waals surface area contributed by atoms with E-state index in [9.17, 15) is 8.42 Å². The van der Waals surface area contributed by atoms with Crippen LogP contribution in [0.25, 0.3) is 0 Å². The molecule has 0 aliphatic carbocycles. The molecule has 1 fully saturated rings. The maximum absolute atomic E-state index is 12.7. The zero-order valence-corrected chi connectivity index (χ0v) is 13.9. The first kappa shape index (κ1) is 16.3. The highest BCUT2D eigenvalue weighted by atomic mass is 32.2. The summed E-state index contributed by atoms with van der Waals surface area (Å²) in [6, 6.07) is 5.90. The minimum atomic E-state index is -3.35. The molecule has 0 amide bonds. The summed E-state index contributed by atoms with van der Waals surface area (Å²) >= 11 is 0. The molecule has 2 rings (SSSR count). The van der Waals surface area contributed by atoms with Crippen molar-refractivity contribution in [3.05, 3.63) is 29.3 Å². The molecule has 1 aliphatic heterocycles. The van der Waals surface area contributed by atoms with Gasteiger partial charge in [-0.15, -0.1) is 0 Å². The highest BCUT2D eigenvalue weighted by Crippen LogP contribution is 2.24. The first-order valence-corrected chi connectivity index (χ1v) is 9.23. The summed E-state index contributed by atoms with van der Waals surface area (Å²) in [5, 5.41) is 0. The first-order chi connectivity index (χ1) is 9.92. The van der Waals surface area contributed by atoms with E-state index in [2.05, 4.69) is 0 Å². The van der Waals surface area contributed by atoms with Gasteiger partial charge >= 0.3 is 0 Å². The van der Waals surface area contributed by atoms with Gasteiger partial charge in [-0.05, 0) is 63.3 Å². The minimum Gasteiger partial charge on any atom is -0.377 e. The maximum atomic E-state index is 12.7. The molecule has 1 aromatic rings. The fraction of sp³-hybridized carbons (Fsp3) is 0.625. The van der Waals surface area contributed by atoms with E-state index >= 15 is 0 Å². The second-order valence-electron chi connectivity index (χ2n) is 5.78. The van der Waals surface area contributed by atoms with Gasteiger partial charge in [-0.3, -0.25) is 4.31 Å². The van der Waals surface area contributed by atoms with E-state index in [-0.39, 0.29) is 11.9 Å². The van der Waals surface area contributed by atoms with E-state index in [1.807, 2.05) is 39.0 Å². The Labute approximate surface area is 128 Å². The Morgan fingerprint density at radius 1 is 1.19 bits per heavy atom. The molecule has 1 aromatic carbocycles. The summed E-state index contributed by atoms with van der Waals surface area (Å²) in [5.74, 6) is 0.0772.